The first-order valence-corrected chi connectivity index (χ1v) is 11.3. The molecule has 0 aliphatic carbocycles. The summed E-state index contributed by atoms with van der Waals surface area (Å²) in [5.41, 5.74) is 2.12. The zero-order chi connectivity index (χ0) is 23.5. The summed E-state index contributed by atoms with van der Waals surface area (Å²) in [5, 5.41) is 0. The Balaban J connectivity index is 1.52. The van der Waals surface area contributed by atoms with Gasteiger partial charge in [-0.05, 0) is 23.6 Å². The predicted octanol–water partition coefficient (Wildman–Crippen LogP) is 5.18. The number of cyclic esters (lactones) is 1. The van der Waals surface area contributed by atoms with Crippen molar-refractivity contribution in [1.82, 2.24) is 14.9 Å². The molecule has 4 aromatic rings. The van der Waals surface area contributed by atoms with Gasteiger partial charge >= 0.3 is 6.09 Å². The van der Waals surface area contributed by atoms with Gasteiger partial charge in [0.2, 0.25) is 0 Å². The van der Waals surface area contributed by atoms with Gasteiger partial charge in [0.1, 0.15) is 0 Å². The molecule has 0 bridgehead atoms. The Kier molecular flexibility index (Phi) is 5.72. The third-order valence-corrected chi connectivity index (χ3v) is 6.24. The van der Waals surface area contributed by atoms with Crippen LogP contribution in [0, 0.1) is 0 Å². The van der Waals surface area contributed by atoms with Crippen molar-refractivity contribution in [2.24, 2.45) is 0 Å². The van der Waals surface area contributed by atoms with E-state index >= 15 is 0 Å². The summed E-state index contributed by atoms with van der Waals surface area (Å²) in [4.78, 5) is 36.1. The molecular weight excluding hydrogens is 426 g/mol. The number of ether oxygens (including phenoxy) is 1. The number of carbonyl (C=O) groups excluding carboxylic acids is 2. The average molecular weight is 452 g/mol. The van der Waals surface area contributed by atoms with Gasteiger partial charge in [0.25, 0.3) is 11.5 Å². The van der Waals surface area contributed by atoms with E-state index < -0.39 is 23.6 Å². The molecule has 0 unspecified atom stereocenters. The van der Waals surface area contributed by atoms with Gasteiger partial charge in [-0.1, -0.05) is 91.0 Å². The van der Waals surface area contributed by atoms with Crippen LogP contribution in [0.4, 0.5) is 4.79 Å². The smallest absolute Gasteiger partial charge is 0.418 e. The van der Waals surface area contributed by atoms with E-state index in [1.54, 1.807) is 6.20 Å². The van der Waals surface area contributed by atoms with Crippen LogP contribution < -0.4 is 0 Å². The number of amides is 2. The second kappa shape index (κ2) is 8.98. The van der Waals surface area contributed by atoms with E-state index in [2.05, 4.69) is 9.97 Å². The Morgan fingerprint density at radius 1 is 0.882 bits per heavy atom. The van der Waals surface area contributed by atoms with Gasteiger partial charge in [-0.25, -0.2) is 14.7 Å². The molecule has 2 atom stereocenters. The number of aromatic nitrogens is 2. The molecule has 0 saturated carbocycles. The van der Waals surface area contributed by atoms with Gasteiger partial charge < -0.3 is 9.72 Å². The number of H-pyrrole nitrogens is 1. The highest BCUT2D eigenvalue weighted by Gasteiger charge is 2.58. The SMILES string of the molecule is C[C@H](c1ccccc1)N1C(=O)O[C@](Cc2ccccc2)(c2ncc(Cc3ccccc3)[nH]2)C1=O. The number of aromatic amines is 1. The van der Waals surface area contributed by atoms with E-state index in [0.29, 0.717) is 12.2 Å². The van der Waals surface area contributed by atoms with Crippen molar-refractivity contribution in [3.05, 3.63) is 125 Å². The second-order valence-electron chi connectivity index (χ2n) is 8.54. The summed E-state index contributed by atoms with van der Waals surface area (Å²) in [7, 11) is 0. The first-order chi connectivity index (χ1) is 16.6. The molecule has 34 heavy (non-hydrogen) atoms. The average Bonchev–Trinajstić information content (AvgIpc) is 3.43. The highest BCUT2D eigenvalue weighted by atomic mass is 16.6. The first-order valence-electron chi connectivity index (χ1n) is 11.3. The minimum atomic E-state index is -1.56. The van der Waals surface area contributed by atoms with Crippen LogP contribution in [0.5, 0.6) is 0 Å². The Bertz CT molecular complexity index is 1290. The third kappa shape index (κ3) is 3.99. The minimum Gasteiger partial charge on any atom is -0.424 e. The first kappa shape index (κ1) is 21.6. The van der Waals surface area contributed by atoms with Gasteiger partial charge in [-0.2, -0.15) is 0 Å². The van der Waals surface area contributed by atoms with Crippen LogP contribution in [0.1, 0.15) is 41.2 Å². The largest absolute Gasteiger partial charge is 0.424 e. The highest BCUT2D eigenvalue weighted by molar-refractivity contribution is 6.03. The molecule has 5 rings (SSSR count). The minimum absolute atomic E-state index is 0.189. The quantitative estimate of drug-likeness (QED) is 0.420. The van der Waals surface area contributed by atoms with Crippen LogP contribution in [0.3, 0.4) is 0 Å². The number of rotatable bonds is 7. The van der Waals surface area contributed by atoms with E-state index in [9.17, 15) is 9.59 Å². The fourth-order valence-corrected chi connectivity index (χ4v) is 4.43. The molecule has 6 heteroatoms. The number of hydrogen-bond acceptors (Lipinski definition) is 4. The maximum absolute atomic E-state index is 13.9. The summed E-state index contributed by atoms with van der Waals surface area (Å²) >= 11 is 0. The van der Waals surface area contributed by atoms with Crippen LogP contribution in [0.2, 0.25) is 0 Å². The molecule has 3 aromatic carbocycles. The molecule has 1 aliphatic rings. The number of hydrogen-bond donors (Lipinski definition) is 1. The Labute approximate surface area is 198 Å². The van der Waals surface area contributed by atoms with Crippen LogP contribution in [0.15, 0.2) is 97.2 Å². The topological polar surface area (TPSA) is 75.3 Å². The van der Waals surface area contributed by atoms with Crippen molar-refractivity contribution >= 4 is 12.0 Å². The number of carbonyl (C=O) groups is 2. The number of nitrogens with one attached hydrogen (secondary N) is 1. The zero-order valence-electron chi connectivity index (χ0n) is 18.8. The van der Waals surface area contributed by atoms with E-state index in [-0.39, 0.29) is 6.42 Å². The van der Waals surface area contributed by atoms with Crippen molar-refractivity contribution in [2.45, 2.75) is 31.4 Å². The Morgan fingerprint density at radius 3 is 2.12 bits per heavy atom. The van der Waals surface area contributed by atoms with Crippen LogP contribution in [0.25, 0.3) is 0 Å². The van der Waals surface area contributed by atoms with Gasteiger partial charge in [-0.3, -0.25) is 4.79 Å². The molecule has 6 nitrogen and oxygen atoms in total. The van der Waals surface area contributed by atoms with Gasteiger partial charge in [0, 0.05) is 24.7 Å². The van der Waals surface area contributed by atoms with Gasteiger partial charge in [0.05, 0.1) is 6.04 Å². The predicted molar refractivity (Wildman–Crippen MR) is 128 cm³/mol. The second-order valence-corrected chi connectivity index (χ2v) is 8.54. The summed E-state index contributed by atoms with van der Waals surface area (Å²) in [6, 6.07) is 28.5. The van der Waals surface area contributed by atoms with Crippen molar-refractivity contribution in [3.63, 3.8) is 0 Å². The molecule has 1 saturated heterocycles. The maximum Gasteiger partial charge on any atom is 0.418 e. The fraction of sp³-hybridized carbons (Fsp3) is 0.179. The van der Waals surface area contributed by atoms with Crippen molar-refractivity contribution in [1.29, 1.82) is 0 Å². The van der Waals surface area contributed by atoms with Crippen molar-refractivity contribution in [2.75, 3.05) is 0 Å². The number of nitrogens with zero attached hydrogens (tertiary/aromatic N) is 2. The lowest BCUT2D eigenvalue weighted by Crippen LogP contribution is -2.42. The molecule has 1 aliphatic heterocycles. The summed E-state index contributed by atoms with van der Waals surface area (Å²) < 4.78 is 5.91. The van der Waals surface area contributed by atoms with Crippen molar-refractivity contribution in [3.8, 4) is 0 Å². The van der Waals surface area contributed by atoms with E-state index in [0.717, 1.165) is 22.4 Å². The standard InChI is InChI=1S/C28H25N3O3/c1-20(23-15-9-4-10-16-23)31-26(32)28(34-27(31)33,18-22-13-7-3-8-14-22)25-29-19-24(30-25)17-21-11-5-2-6-12-21/h2-16,19-20H,17-18H2,1H3,(H,29,30)/t20-,28-/m1/s1. The monoisotopic (exact) mass is 451 g/mol. The number of imidazole rings is 1. The summed E-state index contributed by atoms with van der Waals surface area (Å²) in [6.07, 6.45) is 1.86. The summed E-state index contributed by atoms with van der Waals surface area (Å²) in [6.45, 7) is 1.83. The van der Waals surface area contributed by atoms with Crippen LogP contribution in [-0.4, -0.2) is 26.9 Å². The number of benzene rings is 3. The Hall–Kier alpha value is -4.19. The molecule has 0 spiro atoms. The zero-order valence-corrected chi connectivity index (χ0v) is 18.8. The lowest BCUT2D eigenvalue weighted by atomic mass is 9.92. The van der Waals surface area contributed by atoms with Gasteiger partial charge in [-0.15, -0.1) is 0 Å². The van der Waals surface area contributed by atoms with Crippen LogP contribution >= 0.6 is 0 Å². The third-order valence-electron chi connectivity index (χ3n) is 6.24. The summed E-state index contributed by atoms with van der Waals surface area (Å²) in [5.74, 6) is -0.0817. The Morgan fingerprint density at radius 2 is 1.47 bits per heavy atom. The fourth-order valence-electron chi connectivity index (χ4n) is 4.43. The molecule has 2 amide bonds. The lowest BCUT2D eigenvalue weighted by Gasteiger charge is -2.25. The molecule has 1 aromatic heterocycles. The molecule has 1 fully saturated rings. The molecule has 0 radical (unpaired) electrons. The normalized spacial score (nSPS) is 18.7. The van der Waals surface area contributed by atoms with Gasteiger partial charge in [0.15, 0.2) is 5.82 Å². The molecule has 1 N–H and O–H groups in total. The lowest BCUT2D eigenvalue weighted by molar-refractivity contribution is -0.139. The van der Waals surface area contributed by atoms with E-state index in [4.69, 9.17) is 4.74 Å². The van der Waals surface area contributed by atoms with E-state index in [1.807, 2.05) is 97.9 Å². The maximum atomic E-state index is 13.9. The molecular formula is C28H25N3O3. The molecule has 170 valence electrons. The van der Waals surface area contributed by atoms with E-state index in [1.165, 1.54) is 4.90 Å². The van der Waals surface area contributed by atoms with Crippen LogP contribution in [-0.2, 0) is 28.0 Å². The number of imide groups is 1. The van der Waals surface area contributed by atoms with Crippen molar-refractivity contribution < 1.29 is 14.3 Å². The molecule has 2 heterocycles. The highest BCUT2D eigenvalue weighted by Crippen LogP contribution is 2.40.